The van der Waals surface area contributed by atoms with Gasteiger partial charge in [-0.1, -0.05) is 18.9 Å². The molecule has 1 atom stereocenters. The normalized spacial score (nSPS) is 17.6. The van der Waals surface area contributed by atoms with Gasteiger partial charge in [0, 0.05) is 22.6 Å². The van der Waals surface area contributed by atoms with Crippen molar-refractivity contribution in [1.82, 2.24) is 5.43 Å². The van der Waals surface area contributed by atoms with Crippen molar-refractivity contribution in [2.24, 2.45) is 5.84 Å². The van der Waals surface area contributed by atoms with Crippen molar-refractivity contribution in [3.05, 3.63) is 29.6 Å². The molecule has 0 aromatic heterocycles. The summed E-state index contributed by atoms with van der Waals surface area (Å²) in [5.74, 6) is 6.62. The summed E-state index contributed by atoms with van der Waals surface area (Å²) in [5, 5.41) is 0.706. The number of nitrogens with two attached hydrogens (primary N) is 1. The Labute approximate surface area is 118 Å². The van der Waals surface area contributed by atoms with E-state index in [9.17, 15) is 4.39 Å². The van der Waals surface area contributed by atoms with Gasteiger partial charge in [-0.25, -0.2) is 4.39 Å². The lowest BCUT2D eigenvalue weighted by Gasteiger charge is -2.19. The van der Waals surface area contributed by atoms with Crippen molar-refractivity contribution < 1.29 is 9.13 Å². The van der Waals surface area contributed by atoms with Crippen LogP contribution in [-0.2, 0) is 0 Å². The zero-order valence-corrected chi connectivity index (χ0v) is 12.0. The van der Waals surface area contributed by atoms with Gasteiger partial charge < -0.3 is 4.74 Å². The van der Waals surface area contributed by atoms with Crippen molar-refractivity contribution in [2.45, 2.75) is 37.0 Å². The molecule has 1 fully saturated rings. The summed E-state index contributed by atoms with van der Waals surface area (Å²) in [6, 6.07) is 4.76. The number of hydrazine groups is 1. The summed E-state index contributed by atoms with van der Waals surface area (Å²) in [6.07, 6.45) is 5.17. The van der Waals surface area contributed by atoms with E-state index < -0.39 is 0 Å². The Morgan fingerprint density at radius 2 is 2.21 bits per heavy atom. The number of benzene rings is 1. The Kier molecular flexibility index (Phi) is 5.48. The molecule has 0 radical (unpaired) electrons. The van der Waals surface area contributed by atoms with Crippen LogP contribution in [0.2, 0.25) is 0 Å². The number of rotatable bonds is 6. The highest BCUT2D eigenvalue weighted by molar-refractivity contribution is 7.99. The van der Waals surface area contributed by atoms with Crippen molar-refractivity contribution in [3.63, 3.8) is 0 Å². The van der Waals surface area contributed by atoms with Gasteiger partial charge in [0.2, 0.25) is 0 Å². The molecule has 0 amide bonds. The number of halogens is 1. The molecule has 1 aliphatic rings. The molecule has 1 unspecified atom stereocenters. The molecular formula is C14H21FN2OS. The minimum Gasteiger partial charge on any atom is -0.497 e. The van der Waals surface area contributed by atoms with Gasteiger partial charge in [0.15, 0.2) is 0 Å². The Morgan fingerprint density at radius 3 is 2.79 bits per heavy atom. The first-order valence-electron chi connectivity index (χ1n) is 6.65. The Hall–Kier alpha value is -0.780. The maximum Gasteiger partial charge on any atom is 0.131 e. The molecule has 2 rings (SSSR count). The van der Waals surface area contributed by atoms with Gasteiger partial charge in [0.05, 0.1) is 13.2 Å². The number of methoxy groups -OCH3 is 1. The maximum absolute atomic E-state index is 14.0. The zero-order chi connectivity index (χ0) is 13.7. The minimum absolute atomic E-state index is 0.156. The van der Waals surface area contributed by atoms with Crippen LogP contribution < -0.4 is 16.0 Å². The third-order valence-electron chi connectivity index (χ3n) is 3.59. The lowest BCUT2D eigenvalue weighted by molar-refractivity contribution is 0.409. The van der Waals surface area contributed by atoms with Gasteiger partial charge in [-0.05, 0) is 18.9 Å². The summed E-state index contributed by atoms with van der Waals surface area (Å²) >= 11 is 1.89. The highest BCUT2D eigenvalue weighted by atomic mass is 32.2. The van der Waals surface area contributed by atoms with E-state index in [1.165, 1.54) is 38.9 Å². The van der Waals surface area contributed by atoms with E-state index in [4.69, 9.17) is 10.6 Å². The van der Waals surface area contributed by atoms with Crippen molar-refractivity contribution in [2.75, 3.05) is 12.9 Å². The molecule has 0 saturated heterocycles. The average Bonchev–Trinajstić information content (AvgIpc) is 2.94. The second kappa shape index (κ2) is 7.12. The summed E-state index contributed by atoms with van der Waals surface area (Å²) < 4.78 is 19.0. The van der Waals surface area contributed by atoms with Crippen LogP contribution in [0.4, 0.5) is 4.39 Å². The van der Waals surface area contributed by atoms with E-state index in [0.29, 0.717) is 16.6 Å². The van der Waals surface area contributed by atoms with E-state index in [2.05, 4.69) is 5.43 Å². The summed E-state index contributed by atoms with van der Waals surface area (Å²) in [5.41, 5.74) is 3.32. The maximum atomic E-state index is 14.0. The SMILES string of the molecule is COc1ccc(C(CSC2CCCC2)NN)c(F)c1. The van der Waals surface area contributed by atoms with E-state index in [1.54, 1.807) is 12.1 Å². The quantitative estimate of drug-likeness (QED) is 0.623. The van der Waals surface area contributed by atoms with E-state index in [0.717, 1.165) is 5.75 Å². The largest absolute Gasteiger partial charge is 0.497 e. The van der Waals surface area contributed by atoms with Crippen LogP contribution in [0.15, 0.2) is 18.2 Å². The van der Waals surface area contributed by atoms with Crippen LogP contribution in [-0.4, -0.2) is 18.1 Å². The van der Waals surface area contributed by atoms with Crippen LogP contribution >= 0.6 is 11.8 Å². The molecule has 5 heteroatoms. The molecule has 0 bridgehead atoms. The summed E-state index contributed by atoms with van der Waals surface area (Å²) in [7, 11) is 1.53. The number of nitrogens with one attached hydrogen (secondary N) is 1. The van der Waals surface area contributed by atoms with Gasteiger partial charge in [0.25, 0.3) is 0 Å². The van der Waals surface area contributed by atoms with Crippen molar-refractivity contribution in [3.8, 4) is 5.75 Å². The lowest BCUT2D eigenvalue weighted by atomic mass is 10.1. The van der Waals surface area contributed by atoms with Crippen LogP contribution in [0.1, 0.15) is 37.3 Å². The molecular weight excluding hydrogens is 263 g/mol. The third-order valence-corrected chi connectivity index (χ3v) is 5.05. The number of ether oxygens (including phenoxy) is 1. The Balaban J connectivity index is 1.99. The molecule has 1 aromatic carbocycles. The van der Waals surface area contributed by atoms with E-state index in [-0.39, 0.29) is 11.9 Å². The third kappa shape index (κ3) is 3.84. The summed E-state index contributed by atoms with van der Waals surface area (Å²) in [4.78, 5) is 0. The van der Waals surface area contributed by atoms with Crippen LogP contribution in [0.5, 0.6) is 5.75 Å². The molecule has 1 aromatic rings. The van der Waals surface area contributed by atoms with Crippen LogP contribution in [0.25, 0.3) is 0 Å². The first-order chi connectivity index (χ1) is 9.24. The van der Waals surface area contributed by atoms with Gasteiger partial charge in [-0.15, -0.1) is 0 Å². The number of thioether (sulfide) groups is 1. The Bertz CT molecular complexity index is 410. The van der Waals surface area contributed by atoms with E-state index >= 15 is 0 Å². The van der Waals surface area contributed by atoms with Crippen molar-refractivity contribution in [1.29, 1.82) is 0 Å². The van der Waals surface area contributed by atoms with Gasteiger partial charge in [-0.3, -0.25) is 11.3 Å². The second-order valence-corrected chi connectivity index (χ2v) is 6.18. The lowest BCUT2D eigenvalue weighted by Crippen LogP contribution is -2.30. The van der Waals surface area contributed by atoms with Crippen LogP contribution in [0.3, 0.4) is 0 Å². The molecule has 1 aliphatic carbocycles. The predicted molar refractivity (Wildman–Crippen MR) is 77.7 cm³/mol. The number of hydrogen-bond donors (Lipinski definition) is 2. The smallest absolute Gasteiger partial charge is 0.131 e. The number of hydrogen-bond acceptors (Lipinski definition) is 4. The van der Waals surface area contributed by atoms with Gasteiger partial charge in [-0.2, -0.15) is 11.8 Å². The fourth-order valence-electron chi connectivity index (χ4n) is 2.43. The monoisotopic (exact) mass is 284 g/mol. The van der Waals surface area contributed by atoms with Gasteiger partial charge >= 0.3 is 0 Å². The van der Waals surface area contributed by atoms with Crippen LogP contribution in [0, 0.1) is 5.82 Å². The molecule has 0 aliphatic heterocycles. The zero-order valence-electron chi connectivity index (χ0n) is 11.2. The van der Waals surface area contributed by atoms with Gasteiger partial charge in [0.1, 0.15) is 11.6 Å². The van der Waals surface area contributed by atoms with E-state index in [1.807, 2.05) is 11.8 Å². The highest BCUT2D eigenvalue weighted by Crippen LogP contribution is 2.32. The molecule has 3 N–H and O–H groups in total. The molecule has 19 heavy (non-hydrogen) atoms. The first-order valence-corrected chi connectivity index (χ1v) is 7.70. The molecule has 106 valence electrons. The van der Waals surface area contributed by atoms with Crippen molar-refractivity contribution >= 4 is 11.8 Å². The predicted octanol–water partition coefficient (Wildman–Crippen LogP) is 3.01. The Morgan fingerprint density at radius 1 is 1.47 bits per heavy atom. The topological polar surface area (TPSA) is 47.3 Å². The first kappa shape index (κ1) is 14.6. The molecule has 1 saturated carbocycles. The molecule has 0 heterocycles. The minimum atomic E-state index is -0.269. The standard InChI is InChI=1S/C14H21FN2OS/c1-18-10-6-7-12(13(15)8-10)14(17-16)9-19-11-4-2-3-5-11/h6-8,11,14,17H,2-5,9,16H2,1H3. The second-order valence-electron chi connectivity index (χ2n) is 4.85. The highest BCUT2D eigenvalue weighted by Gasteiger charge is 2.20. The fraction of sp³-hybridized carbons (Fsp3) is 0.571. The fourth-order valence-corrected chi connectivity index (χ4v) is 3.84. The summed E-state index contributed by atoms with van der Waals surface area (Å²) in [6.45, 7) is 0. The molecule has 3 nitrogen and oxygen atoms in total. The molecule has 0 spiro atoms. The average molecular weight is 284 g/mol.